The number of rotatable bonds is 0. The molecule has 7 heteroatoms. The Morgan fingerprint density at radius 1 is 0.846 bits per heavy atom. The van der Waals surface area contributed by atoms with Crippen LogP contribution < -0.4 is 31.8 Å². The van der Waals surface area contributed by atoms with Crippen molar-refractivity contribution >= 4 is 50.7 Å². The molecular formula is C6H6Cl2N2Sb2Zr. The average Bonchev–Trinajstić information content (AvgIpc) is 2.67. The fourth-order valence-corrected chi connectivity index (χ4v) is 2.50. The Labute approximate surface area is 131 Å². The zero-order chi connectivity index (χ0) is 7.07. The molecule has 2 nitrogen and oxygen atoms in total. The number of nitrogens with one attached hydrogen (secondary N) is 2. The Morgan fingerprint density at radius 3 is 1.31 bits per heavy atom. The van der Waals surface area contributed by atoms with Gasteiger partial charge in [0.05, 0.1) is 0 Å². The fourth-order valence-electron chi connectivity index (χ4n) is 0.373. The van der Waals surface area contributed by atoms with Gasteiger partial charge < -0.3 is 24.8 Å². The molecule has 2 aliphatic heterocycles. The summed E-state index contributed by atoms with van der Waals surface area (Å²) in [5.41, 5.74) is 0. The van der Waals surface area contributed by atoms with Crippen LogP contribution in [0.2, 0.25) is 0 Å². The Hall–Kier alpha value is 1.92. The zero-order valence-corrected chi connectivity index (χ0v) is 15.5. The molecule has 0 fully saturated rings. The molecule has 0 radical (unpaired) electrons. The predicted molar refractivity (Wildman–Crippen MR) is 45.5 cm³/mol. The molecule has 0 aromatic heterocycles. The smallest absolute Gasteiger partial charge is 1.00 e. The van der Waals surface area contributed by atoms with Crippen LogP contribution in [0.15, 0.2) is 12.2 Å². The molecule has 0 bridgehead atoms. The molecule has 13 heavy (non-hydrogen) atoms. The Balaban J connectivity index is -0.000000125. The van der Waals surface area contributed by atoms with E-state index in [1.54, 1.807) is 0 Å². The second-order valence-electron chi connectivity index (χ2n) is 1.40. The number of halogens is 2. The van der Waals surface area contributed by atoms with Crippen molar-refractivity contribution in [3.05, 3.63) is 24.6 Å². The summed E-state index contributed by atoms with van der Waals surface area (Å²) in [6.45, 7) is 0. The maximum atomic E-state index is 3.01. The van der Waals surface area contributed by atoms with E-state index in [0.717, 1.165) is 0 Å². The van der Waals surface area contributed by atoms with Crippen LogP contribution in [0.4, 0.5) is 0 Å². The van der Waals surface area contributed by atoms with Gasteiger partial charge in [0.25, 0.3) is 0 Å². The summed E-state index contributed by atoms with van der Waals surface area (Å²) in [4.78, 5) is 0. The zero-order valence-electron chi connectivity index (χ0n) is 6.46. The van der Waals surface area contributed by atoms with Gasteiger partial charge in [0, 0.05) is 0 Å². The quantitative estimate of drug-likeness (QED) is 0.250. The van der Waals surface area contributed by atoms with E-state index >= 15 is 0 Å². The van der Waals surface area contributed by atoms with Crippen molar-refractivity contribution in [3.8, 4) is 0 Å². The van der Waals surface area contributed by atoms with E-state index < -0.39 is 0 Å². The maximum absolute atomic E-state index is 3.01. The molecule has 0 saturated carbocycles. The van der Waals surface area contributed by atoms with Crippen molar-refractivity contribution in [2.45, 2.75) is 0 Å². The van der Waals surface area contributed by atoms with Crippen LogP contribution in [-0.4, -0.2) is 50.7 Å². The molecule has 2 N–H and O–H groups in total. The van der Waals surface area contributed by atoms with Crippen LogP contribution in [-0.2, 0) is 26.2 Å². The molecule has 0 aliphatic carbocycles. The van der Waals surface area contributed by atoms with Crippen LogP contribution in [0.5, 0.6) is 0 Å². The van der Waals surface area contributed by atoms with Crippen molar-refractivity contribution in [2.24, 2.45) is 0 Å². The van der Waals surface area contributed by atoms with E-state index in [9.17, 15) is 0 Å². The summed E-state index contributed by atoms with van der Waals surface area (Å²) in [5, 5.41) is 0. The van der Waals surface area contributed by atoms with Crippen molar-refractivity contribution in [1.29, 1.82) is 0 Å². The molecular weight excluding hydrogens is 506 g/mol. The molecule has 0 saturated heterocycles. The minimum atomic E-state index is -0.0750. The maximum Gasteiger partial charge on any atom is 4.00 e. The van der Waals surface area contributed by atoms with Crippen LogP contribution in [0.25, 0.3) is 0 Å². The van der Waals surface area contributed by atoms with Gasteiger partial charge in [0.1, 0.15) is 0 Å². The third-order valence-corrected chi connectivity index (χ3v) is 3.90. The SMILES string of the molecule is [C-]1=C[CH]=[Sb][NH]1.[C-]1=C[CH]=[Sb][NH]1.[Cl-].[Cl-].[Zr+4]. The number of allylic oxidation sites excluding steroid dienone is 2. The summed E-state index contributed by atoms with van der Waals surface area (Å²) < 4.78 is 10.4. The average molecular weight is 512 g/mol. The minimum absolute atomic E-state index is 0. The largest absolute Gasteiger partial charge is 4.00 e. The molecule has 2 aliphatic rings. The Kier molecular flexibility index (Phi) is 25.6. The van der Waals surface area contributed by atoms with E-state index in [0.29, 0.717) is 0 Å². The van der Waals surface area contributed by atoms with Crippen molar-refractivity contribution in [3.63, 3.8) is 0 Å². The molecule has 0 amide bonds. The van der Waals surface area contributed by atoms with Gasteiger partial charge in [-0.1, -0.05) is 0 Å². The van der Waals surface area contributed by atoms with Gasteiger partial charge in [-0.3, -0.25) is 0 Å². The molecule has 2 heterocycles. The summed E-state index contributed by atoms with van der Waals surface area (Å²) >= 11 is -0.150. The van der Waals surface area contributed by atoms with Crippen molar-refractivity contribution in [2.75, 3.05) is 0 Å². The van der Waals surface area contributed by atoms with Gasteiger partial charge in [0.2, 0.25) is 0 Å². The Bertz CT molecular complexity index is 165. The van der Waals surface area contributed by atoms with Crippen molar-refractivity contribution < 1.29 is 51.0 Å². The first-order valence-corrected chi connectivity index (χ1v) is 8.21. The molecule has 0 aromatic carbocycles. The first kappa shape index (κ1) is 20.3. The normalized spacial score (nSPS) is 12.3. The number of hydrogen-bond donors (Lipinski definition) is 2. The van der Waals surface area contributed by atoms with Gasteiger partial charge in [-0.15, -0.1) is 0 Å². The minimum Gasteiger partial charge on any atom is -1.00 e. The molecule has 68 valence electrons. The van der Waals surface area contributed by atoms with Crippen molar-refractivity contribution in [1.82, 2.24) is 6.95 Å². The van der Waals surface area contributed by atoms with Crippen LogP contribution >= 0.6 is 0 Å². The van der Waals surface area contributed by atoms with Gasteiger partial charge in [0.15, 0.2) is 0 Å². The van der Waals surface area contributed by atoms with Crippen LogP contribution in [0.1, 0.15) is 0 Å². The second kappa shape index (κ2) is 16.4. The predicted octanol–water partition coefficient (Wildman–Crippen LogP) is -7.34. The summed E-state index contributed by atoms with van der Waals surface area (Å²) in [7, 11) is 0. The Morgan fingerprint density at radius 2 is 1.23 bits per heavy atom. The summed E-state index contributed by atoms with van der Waals surface area (Å²) in [6, 6.07) is 0. The van der Waals surface area contributed by atoms with Gasteiger partial charge >= 0.3 is 108 Å². The van der Waals surface area contributed by atoms with E-state index in [2.05, 4.69) is 27.3 Å². The van der Waals surface area contributed by atoms with E-state index in [-0.39, 0.29) is 93.9 Å². The molecule has 0 unspecified atom stereocenters. The van der Waals surface area contributed by atoms with Crippen LogP contribution in [0, 0.1) is 12.4 Å². The third-order valence-electron chi connectivity index (χ3n) is 0.723. The second-order valence-corrected chi connectivity index (χ2v) is 5.85. The van der Waals surface area contributed by atoms with Gasteiger partial charge in [-0.25, -0.2) is 0 Å². The first-order valence-electron chi connectivity index (χ1n) is 2.71. The van der Waals surface area contributed by atoms with E-state index in [4.69, 9.17) is 0 Å². The molecule has 0 atom stereocenters. The first-order chi connectivity index (χ1) is 5.00. The van der Waals surface area contributed by atoms with E-state index in [1.807, 2.05) is 12.2 Å². The molecule has 0 aromatic rings. The van der Waals surface area contributed by atoms with Crippen LogP contribution in [0.3, 0.4) is 0 Å². The van der Waals surface area contributed by atoms with Gasteiger partial charge in [-0.05, 0) is 0 Å². The summed E-state index contributed by atoms with van der Waals surface area (Å²) in [5.74, 6) is 0. The monoisotopic (exact) mass is 508 g/mol. The fraction of sp³-hybridized carbons (Fsp3) is 0. The third kappa shape index (κ3) is 13.9. The number of hydrogen-bond acceptors (Lipinski definition) is 2. The molecule has 0 spiro atoms. The topological polar surface area (TPSA) is 24.1 Å². The van der Waals surface area contributed by atoms with E-state index in [1.165, 1.54) is 0 Å². The van der Waals surface area contributed by atoms with Gasteiger partial charge in [-0.2, -0.15) is 0 Å². The molecule has 2 rings (SSSR count). The standard InChI is InChI=1S/2C3H3N.2ClH.2Sb.Zr/c2*1-2-3-4;;;;;/h2*1-2,4H;2*1H;;;/q2*-2;;;2*+1;+4/p-2. The summed E-state index contributed by atoms with van der Waals surface area (Å²) in [6.07, 6.45) is 9.60.